The lowest BCUT2D eigenvalue weighted by atomic mass is 10.1. The summed E-state index contributed by atoms with van der Waals surface area (Å²) in [6.07, 6.45) is 1.59. The van der Waals surface area contributed by atoms with Crippen molar-refractivity contribution in [2.24, 2.45) is 5.73 Å². The van der Waals surface area contributed by atoms with E-state index < -0.39 is 0 Å². The first kappa shape index (κ1) is 14.9. The summed E-state index contributed by atoms with van der Waals surface area (Å²) in [6.45, 7) is 0.210. The Morgan fingerprint density at radius 3 is 2.57 bits per heavy atom. The molecule has 1 atom stereocenters. The third-order valence-electron chi connectivity index (χ3n) is 1.70. The van der Waals surface area contributed by atoms with E-state index in [0.717, 1.165) is 26.0 Å². The van der Waals surface area contributed by atoms with Crippen LogP contribution in [0.2, 0.25) is 0 Å². The van der Waals surface area contributed by atoms with Crippen LogP contribution in [0.25, 0.3) is 0 Å². The SMILES string of the molecule is Cl.N[C@H](CCCO)c1cc(Br)c(Br)s1. The maximum Gasteiger partial charge on any atom is 0.0843 e. The molecule has 0 aliphatic rings. The van der Waals surface area contributed by atoms with E-state index in [-0.39, 0.29) is 25.1 Å². The van der Waals surface area contributed by atoms with Crippen molar-refractivity contribution in [3.8, 4) is 0 Å². The fourth-order valence-electron chi connectivity index (χ4n) is 1.000. The lowest BCUT2D eigenvalue weighted by molar-refractivity contribution is 0.280. The van der Waals surface area contributed by atoms with Gasteiger partial charge in [-0.25, -0.2) is 0 Å². The lowest BCUT2D eigenvalue weighted by Gasteiger charge is -2.06. The van der Waals surface area contributed by atoms with Crippen molar-refractivity contribution < 1.29 is 5.11 Å². The Morgan fingerprint density at radius 2 is 2.14 bits per heavy atom. The van der Waals surface area contributed by atoms with Crippen molar-refractivity contribution in [1.29, 1.82) is 0 Å². The van der Waals surface area contributed by atoms with E-state index in [1.54, 1.807) is 11.3 Å². The van der Waals surface area contributed by atoms with Gasteiger partial charge in [-0.05, 0) is 50.8 Å². The Hall–Kier alpha value is 0.870. The van der Waals surface area contributed by atoms with E-state index >= 15 is 0 Å². The number of hydrogen-bond acceptors (Lipinski definition) is 3. The first-order chi connectivity index (χ1) is 6.15. The maximum atomic E-state index is 8.65. The maximum absolute atomic E-state index is 8.65. The molecule has 0 radical (unpaired) electrons. The molecule has 1 aromatic heterocycles. The van der Waals surface area contributed by atoms with E-state index in [9.17, 15) is 0 Å². The smallest absolute Gasteiger partial charge is 0.0843 e. The average molecular weight is 366 g/mol. The van der Waals surface area contributed by atoms with Gasteiger partial charge < -0.3 is 10.8 Å². The second-order valence-electron chi connectivity index (χ2n) is 2.74. The van der Waals surface area contributed by atoms with Crippen LogP contribution >= 0.6 is 55.6 Å². The first-order valence-electron chi connectivity index (χ1n) is 3.96. The van der Waals surface area contributed by atoms with Gasteiger partial charge in [0, 0.05) is 22.0 Å². The molecule has 2 nitrogen and oxygen atoms in total. The minimum absolute atomic E-state index is 0. The molecule has 0 aliphatic carbocycles. The van der Waals surface area contributed by atoms with Crippen molar-refractivity contribution in [3.05, 3.63) is 19.2 Å². The van der Waals surface area contributed by atoms with E-state index in [2.05, 4.69) is 31.9 Å². The molecule has 1 rings (SSSR count). The molecule has 82 valence electrons. The highest BCUT2D eigenvalue weighted by molar-refractivity contribution is 9.13. The zero-order valence-electron chi connectivity index (χ0n) is 7.37. The van der Waals surface area contributed by atoms with Crippen molar-refractivity contribution in [1.82, 2.24) is 0 Å². The van der Waals surface area contributed by atoms with E-state index in [1.165, 1.54) is 0 Å². The van der Waals surface area contributed by atoms with Crippen molar-refractivity contribution in [2.75, 3.05) is 6.61 Å². The zero-order chi connectivity index (χ0) is 9.84. The highest BCUT2D eigenvalue weighted by Crippen LogP contribution is 2.35. The molecule has 0 aliphatic heterocycles. The number of nitrogens with two attached hydrogens (primary N) is 1. The van der Waals surface area contributed by atoms with E-state index in [4.69, 9.17) is 10.8 Å². The molecule has 0 saturated heterocycles. The summed E-state index contributed by atoms with van der Waals surface area (Å²) >= 11 is 8.47. The normalized spacial score (nSPS) is 12.3. The van der Waals surface area contributed by atoms with Gasteiger partial charge >= 0.3 is 0 Å². The van der Waals surface area contributed by atoms with Crippen molar-refractivity contribution >= 4 is 55.6 Å². The number of hydrogen-bond donors (Lipinski definition) is 2. The topological polar surface area (TPSA) is 46.2 Å². The van der Waals surface area contributed by atoms with Gasteiger partial charge in [-0.3, -0.25) is 0 Å². The second kappa shape index (κ2) is 7.19. The summed E-state index contributed by atoms with van der Waals surface area (Å²) in [6, 6.07) is 2.07. The summed E-state index contributed by atoms with van der Waals surface area (Å²) in [7, 11) is 0. The molecule has 1 heterocycles. The van der Waals surface area contributed by atoms with Gasteiger partial charge in [-0.1, -0.05) is 0 Å². The number of rotatable bonds is 4. The molecule has 1 aromatic rings. The molecule has 14 heavy (non-hydrogen) atoms. The van der Waals surface area contributed by atoms with Crippen LogP contribution in [0.15, 0.2) is 14.3 Å². The fourth-order valence-corrected chi connectivity index (χ4v) is 3.13. The molecule has 6 heteroatoms. The molecule has 0 amide bonds. The quantitative estimate of drug-likeness (QED) is 0.858. The summed E-state index contributed by atoms with van der Waals surface area (Å²) in [5, 5.41) is 8.65. The van der Waals surface area contributed by atoms with Gasteiger partial charge in [0.25, 0.3) is 0 Å². The van der Waals surface area contributed by atoms with Gasteiger partial charge in [0.2, 0.25) is 0 Å². The summed E-state index contributed by atoms with van der Waals surface area (Å²) in [5.41, 5.74) is 5.92. The van der Waals surface area contributed by atoms with E-state index in [1.807, 2.05) is 6.07 Å². The number of aliphatic hydroxyl groups is 1. The summed E-state index contributed by atoms with van der Waals surface area (Å²) in [4.78, 5) is 1.15. The van der Waals surface area contributed by atoms with Crippen molar-refractivity contribution in [2.45, 2.75) is 18.9 Å². The van der Waals surface area contributed by atoms with Crippen LogP contribution in [0.1, 0.15) is 23.8 Å². The minimum atomic E-state index is 0. The number of halogens is 3. The zero-order valence-corrected chi connectivity index (χ0v) is 12.2. The fraction of sp³-hybridized carbons (Fsp3) is 0.500. The van der Waals surface area contributed by atoms with Crippen molar-refractivity contribution in [3.63, 3.8) is 0 Å². The Kier molecular flexibility index (Phi) is 7.64. The molecule has 0 aromatic carbocycles. The number of thiophene rings is 1. The number of aliphatic hydroxyl groups excluding tert-OH is 1. The molecule has 0 saturated carbocycles. The predicted molar refractivity (Wildman–Crippen MR) is 70.2 cm³/mol. The molecule has 3 N–H and O–H groups in total. The van der Waals surface area contributed by atoms with Crippen LogP contribution in [0.5, 0.6) is 0 Å². The molecule has 0 unspecified atom stereocenters. The van der Waals surface area contributed by atoms with Gasteiger partial charge in [-0.2, -0.15) is 0 Å². The highest BCUT2D eigenvalue weighted by Gasteiger charge is 2.10. The average Bonchev–Trinajstić information content (AvgIpc) is 2.43. The molecule has 0 spiro atoms. The van der Waals surface area contributed by atoms with Crippen LogP contribution < -0.4 is 5.73 Å². The Labute approximate surface area is 111 Å². The lowest BCUT2D eigenvalue weighted by Crippen LogP contribution is -2.08. The third kappa shape index (κ3) is 4.16. The third-order valence-corrected chi connectivity index (χ3v) is 5.09. The second-order valence-corrected chi connectivity index (χ2v) is 6.00. The predicted octanol–water partition coefficient (Wildman–Crippen LogP) is 3.47. The van der Waals surface area contributed by atoms with Crippen LogP contribution in [0.4, 0.5) is 0 Å². The van der Waals surface area contributed by atoms with Gasteiger partial charge in [-0.15, -0.1) is 23.7 Å². The highest BCUT2D eigenvalue weighted by atomic mass is 79.9. The Morgan fingerprint density at radius 1 is 1.50 bits per heavy atom. The molecule has 0 fully saturated rings. The minimum Gasteiger partial charge on any atom is -0.396 e. The van der Waals surface area contributed by atoms with Gasteiger partial charge in [0.15, 0.2) is 0 Å². The molecular weight excluding hydrogens is 353 g/mol. The Bertz CT molecular complexity index is 263. The molecule has 0 bridgehead atoms. The summed E-state index contributed by atoms with van der Waals surface area (Å²) < 4.78 is 2.12. The largest absolute Gasteiger partial charge is 0.396 e. The van der Waals surface area contributed by atoms with Gasteiger partial charge in [0.1, 0.15) is 0 Å². The van der Waals surface area contributed by atoms with E-state index in [0.29, 0.717) is 0 Å². The first-order valence-corrected chi connectivity index (χ1v) is 6.36. The van der Waals surface area contributed by atoms with Crippen LogP contribution in [-0.4, -0.2) is 11.7 Å². The standard InChI is InChI=1S/C8H11Br2NOS.ClH/c9-5-4-7(13-8(5)10)6(11)2-1-3-12;/h4,6,12H,1-3,11H2;1H/t6-;/m1./s1. The van der Waals surface area contributed by atoms with Crippen LogP contribution in [0, 0.1) is 0 Å². The van der Waals surface area contributed by atoms with Crippen LogP contribution in [0.3, 0.4) is 0 Å². The monoisotopic (exact) mass is 363 g/mol. The van der Waals surface area contributed by atoms with Gasteiger partial charge in [0.05, 0.1) is 3.79 Å². The Balaban J connectivity index is 0.00000169. The summed E-state index contributed by atoms with van der Waals surface area (Å²) in [5.74, 6) is 0. The van der Waals surface area contributed by atoms with Crippen LogP contribution in [-0.2, 0) is 0 Å². The molecular formula is C8H12Br2ClNOS.